The molecule has 7 heteroatoms. The van der Waals surface area contributed by atoms with Crippen LogP contribution in [-0.2, 0) is 11.3 Å². The Balaban J connectivity index is 1.90. The van der Waals surface area contributed by atoms with Crippen LogP contribution in [0.4, 0.5) is 0 Å². The molecule has 0 unspecified atom stereocenters. The maximum atomic E-state index is 13.1. The fraction of sp³-hybridized carbons (Fsp3) is 0.571. The molecule has 1 aliphatic rings. The molecule has 0 radical (unpaired) electrons. The summed E-state index contributed by atoms with van der Waals surface area (Å²) >= 11 is 0. The predicted octanol–water partition coefficient (Wildman–Crippen LogP) is 1.80. The summed E-state index contributed by atoms with van der Waals surface area (Å²) in [4.78, 5) is 25.8. The summed E-state index contributed by atoms with van der Waals surface area (Å²) in [6.07, 6.45) is 1.89. The van der Waals surface area contributed by atoms with Gasteiger partial charge in [0.1, 0.15) is 0 Å². The molecule has 1 aromatic carbocycles. The van der Waals surface area contributed by atoms with Crippen LogP contribution in [-0.4, -0.2) is 49.0 Å². The maximum Gasteiger partial charge on any atom is 0.274 e. The molecule has 0 atom stereocenters. The van der Waals surface area contributed by atoms with Gasteiger partial charge in [-0.05, 0) is 37.9 Å². The van der Waals surface area contributed by atoms with Crippen molar-refractivity contribution in [3.8, 4) is 0 Å². The van der Waals surface area contributed by atoms with Crippen molar-refractivity contribution in [3.63, 3.8) is 0 Å². The van der Waals surface area contributed by atoms with Crippen LogP contribution in [0.25, 0.3) is 10.8 Å². The number of nitrogens with zero attached hydrogens (tertiary/aromatic N) is 2. The standard InChI is InChI=1S/C21H30N4O3/c1-15(2)12-25-20(27)17-7-5-4-6-16(17)18(24-25)19(26)23-13-21(14-28-3)8-10-22-11-9-21/h4-7,15,22H,8-14H2,1-3H3,(H,23,26). The SMILES string of the molecule is COCC1(CNC(=O)c2nn(CC(C)C)c(=O)c3ccccc23)CCNCC1. The largest absolute Gasteiger partial charge is 0.384 e. The van der Waals surface area contributed by atoms with Gasteiger partial charge in [-0.3, -0.25) is 9.59 Å². The van der Waals surface area contributed by atoms with Gasteiger partial charge in [-0.2, -0.15) is 5.10 Å². The number of amides is 1. The summed E-state index contributed by atoms with van der Waals surface area (Å²) < 4.78 is 6.85. The molecule has 1 aromatic heterocycles. The van der Waals surface area contributed by atoms with Crippen LogP contribution < -0.4 is 16.2 Å². The summed E-state index contributed by atoms with van der Waals surface area (Å²) in [5, 5.41) is 12.0. The number of methoxy groups -OCH3 is 1. The molecule has 1 amide bonds. The summed E-state index contributed by atoms with van der Waals surface area (Å²) in [7, 11) is 1.70. The van der Waals surface area contributed by atoms with Crippen molar-refractivity contribution in [2.45, 2.75) is 33.2 Å². The fourth-order valence-electron chi connectivity index (χ4n) is 3.86. The molecule has 0 saturated carbocycles. The van der Waals surface area contributed by atoms with Gasteiger partial charge >= 0.3 is 0 Å². The molecule has 2 heterocycles. The van der Waals surface area contributed by atoms with E-state index in [2.05, 4.69) is 15.7 Å². The van der Waals surface area contributed by atoms with Crippen molar-refractivity contribution in [2.24, 2.45) is 11.3 Å². The number of carbonyl (C=O) groups is 1. The van der Waals surface area contributed by atoms with Gasteiger partial charge in [0.2, 0.25) is 0 Å². The minimum atomic E-state index is -0.247. The predicted molar refractivity (Wildman–Crippen MR) is 110 cm³/mol. The van der Waals surface area contributed by atoms with E-state index < -0.39 is 0 Å². The van der Waals surface area contributed by atoms with Crippen LogP contribution in [0.1, 0.15) is 37.2 Å². The lowest BCUT2D eigenvalue weighted by atomic mass is 9.79. The second-order valence-electron chi connectivity index (χ2n) is 8.14. The fourth-order valence-corrected chi connectivity index (χ4v) is 3.86. The van der Waals surface area contributed by atoms with E-state index in [1.807, 2.05) is 26.0 Å². The zero-order valence-corrected chi connectivity index (χ0v) is 17.0. The van der Waals surface area contributed by atoms with Gasteiger partial charge < -0.3 is 15.4 Å². The van der Waals surface area contributed by atoms with Gasteiger partial charge in [0.25, 0.3) is 11.5 Å². The molecule has 28 heavy (non-hydrogen) atoms. The van der Waals surface area contributed by atoms with Crippen LogP contribution in [0.2, 0.25) is 0 Å². The molecule has 2 aromatic rings. The van der Waals surface area contributed by atoms with E-state index >= 15 is 0 Å². The van der Waals surface area contributed by atoms with Gasteiger partial charge in [0.05, 0.1) is 12.0 Å². The highest BCUT2D eigenvalue weighted by atomic mass is 16.5. The minimum absolute atomic E-state index is 0.0716. The van der Waals surface area contributed by atoms with Gasteiger partial charge in [-0.25, -0.2) is 4.68 Å². The highest BCUT2D eigenvalue weighted by Gasteiger charge is 2.33. The monoisotopic (exact) mass is 386 g/mol. The Hall–Kier alpha value is -2.25. The number of ether oxygens (including phenoxy) is 1. The maximum absolute atomic E-state index is 13.1. The molecule has 152 valence electrons. The van der Waals surface area contributed by atoms with E-state index in [9.17, 15) is 9.59 Å². The Morgan fingerprint density at radius 3 is 2.61 bits per heavy atom. The average Bonchev–Trinajstić information content (AvgIpc) is 2.69. The zero-order valence-electron chi connectivity index (χ0n) is 17.0. The summed E-state index contributed by atoms with van der Waals surface area (Å²) in [6.45, 7) is 7.49. The second kappa shape index (κ2) is 8.84. The topological polar surface area (TPSA) is 85.2 Å². The third-order valence-electron chi connectivity index (χ3n) is 5.36. The average molecular weight is 386 g/mol. The minimum Gasteiger partial charge on any atom is -0.384 e. The molecule has 1 fully saturated rings. The number of fused-ring (bicyclic) bond motifs is 1. The Labute approximate surface area is 165 Å². The van der Waals surface area contributed by atoms with Gasteiger partial charge in [-0.15, -0.1) is 0 Å². The van der Waals surface area contributed by atoms with Crippen LogP contribution >= 0.6 is 0 Å². The number of aromatic nitrogens is 2. The lowest BCUT2D eigenvalue weighted by molar-refractivity contribution is 0.0510. The number of rotatable bonds is 7. The number of hydrogen-bond acceptors (Lipinski definition) is 5. The lowest BCUT2D eigenvalue weighted by Gasteiger charge is -2.37. The molecule has 0 aliphatic carbocycles. The van der Waals surface area contributed by atoms with E-state index in [-0.39, 0.29) is 22.8 Å². The summed E-state index contributed by atoms with van der Waals surface area (Å²) in [5.74, 6) is 0.00435. The van der Waals surface area contributed by atoms with E-state index in [1.165, 1.54) is 4.68 Å². The number of benzene rings is 1. The molecule has 0 spiro atoms. The van der Waals surface area contributed by atoms with Gasteiger partial charge in [0, 0.05) is 31.0 Å². The summed E-state index contributed by atoms with van der Waals surface area (Å²) in [5.41, 5.74) is 0.0742. The Kier molecular flexibility index (Phi) is 6.46. The first kappa shape index (κ1) is 20.5. The van der Waals surface area contributed by atoms with Crippen molar-refractivity contribution < 1.29 is 9.53 Å². The van der Waals surface area contributed by atoms with E-state index in [1.54, 1.807) is 19.2 Å². The van der Waals surface area contributed by atoms with Crippen molar-refractivity contribution in [1.29, 1.82) is 0 Å². The normalized spacial score (nSPS) is 16.4. The Bertz CT molecular complexity index is 879. The molecule has 3 rings (SSSR count). The van der Waals surface area contributed by atoms with Crippen LogP contribution in [0.5, 0.6) is 0 Å². The third-order valence-corrected chi connectivity index (χ3v) is 5.36. The molecule has 1 saturated heterocycles. The smallest absolute Gasteiger partial charge is 0.274 e. The van der Waals surface area contributed by atoms with E-state index in [0.29, 0.717) is 36.2 Å². The van der Waals surface area contributed by atoms with Gasteiger partial charge in [0.15, 0.2) is 5.69 Å². The first-order valence-electron chi connectivity index (χ1n) is 9.93. The van der Waals surface area contributed by atoms with Crippen molar-refractivity contribution in [1.82, 2.24) is 20.4 Å². The van der Waals surface area contributed by atoms with Crippen LogP contribution in [0, 0.1) is 11.3 Å². The van der Waals surface area contributed by atoms with Crippen LogP contribution in [0.15, 0.2) is 29.1 Å². The number of piperidine rings is 1. The molecule has 0 bridgehead atoms. The first-order valence-corrected chi connectivity index (χ1v) is 9.93. The first-order chi connectivity index (χ1) is 13.5. The Morgan fingerprint density at radius 1 is 1.29 bits per heavy atom. The quantitative estimate of drug-likeness (QED) is 0.758. The van der Waals surface area contributed by atoms with Crippen molar-refractivity contribution in [3.05, 3.63) is 40.3 Å². The molecule has 2 N–H and O–H groups in total. The van der Waals surface area contributed by atoms with Crippen molar-refractivity contribution >= 4 is 16.7 Å². The van der Waals surface area contributed by atoms with Crippen LogP contribution in [0.3, 0.4) is 0 Å². The van der Waals surface area contributed by atoms with E-state index in [4.69, 9.17) is 4.74 Å². The number of carbonyl (C=O) groups excluding carboxylic acids is 1. The zero-order chi connectivity index (χ0) is 20.1. The van der Waals surface area contributed by atoms with E-state index in [0.717, 1.165) is 25.9 Å². The Morgan fingerprint density at radius 2 is 1.96 bits per heavy atom. The van der Waals surface area contributed by atoms with Crippen molar-refractivity contribution in [2.75, 3.05) is 33.4 Å². The second-order valence-corrected chi connectivity index (χ2v) is 8.14. The highest BCUT2D eigenvalue weighted by molar-refractivity contribution is 6.04. The lowest BCUT2D eigenvalue weighted by Crippen LogP contribution is -2.47. The summed E-state index contributed by atoms with van der Waals surface area (Å²) in [6, 6.07) is 7.18. The highest BCUT2D eigenvalue weighted by Crippen LogP contribution is 2.28. The molecular formula is C21H30N4O3. The molecular weight excluding hydrogens is 356 g/mol. The van der Waals surface area contributed by atoms with Gasteiger partial charge in [-0.1, -0.05) is 32.0 Å². The number of nitrogens with one attached hydrogen (secondary N) is 2. The molecule has 1 aliphatic heterocycles. The molecule has 7 nitrogen and oxygen atoms in total. The third kappa shape index (κ3) is 4.42. The number of hydrogen-bond donors (Lipinski definition) is 2.